The molecule has 0 spiro atoms. The quantitative estimate of drug-likeness (QED) is 0.725. The number of anilines is 1. The summed E-state index contributed by atoms with van der Waals surface area (Å²) in [5, 5.41) is 8.65. The zero-order valence-electron chi connectivity index (χ0n) is 6.47. The highest BCUT2D eigenvalue weighted by Crippen LogP contribution is 2.23. The van der Waals surface area contributed by atoms with Crippen LogP contribution in [0, 0.1) is 6.92 Å². The minimum atomic E-state index is -0.970. The molecule has 0 saturated carbocycles. The van der Waals surface area contributed by atoms with Gasteiger partial charge in [-0.25, -0.2) is 4.79 Å². The Bertz CT molecular complexity index is 313. The van der Waals surface area contributed by atoms with Crippen LogP contribution in [0.25, 0.3) is 0 Å². The lowest BCUT2D eigenvalue weighted by Crippen LogP contribution is -1.99. The Labute approximate surface area is 78.3 Å². The fraction of sp³-hybridized carbons (Fsp3) is 0.125. The molecule has 0 aliphatic carbocycles. The third kappa shape index (κ3) is 1.58. The molecule has 0 unspecified atom stereocenters. The van der Waals surface area contributed by atoms with E-state index < -0.39 is 5.97 Å². The van der Waals surface area contributed by atoms with Gasteiger partial charge in [0.15, 0.2) is 0 Å². The Morgan fingerprint density at radius 1 is 1.58 bits per heavy atom. The fourth-order valence-corrected chi connectivity index (χ4v) is 1.30. The number of carbonyl (C=O) groups is 1. The molecule has 4 heteroatoms. The molecule has 64 valence electrons. The lowest BCUT2D eigenvalue weighted by atomic mass is 10.1. The molecule has 1 aromatic rings. The number of nitrogen functional groups attached to an aromatic ring is 1. The van der Waals surface area contributed by atoms with Gasteiger partial charge in [0.05, 0.1) is 5.56 Å². The van der Waals surface area contributed by atoms with Crippen LogP contribution in [0.2, 0.25) is 0 Å². The Balaban J connectivity index is 3.31. The van der Waals surface area contributed by atoms with Crippen molar-refractivity contribution in [3.63, 3.8) is 0 Å². The Morgan fingerprint density at radius 2 is 2.17 bits per heavy atom. The van der Waals surface area contributed by atoms with Crippen LogP contribution in [-0.2, 0) is 0 Å². The number of carboxylic acids is 1. The number of hydrogen-bond donors (Lipinski definition) is 2. The highest BCUT2D eigenvalue weighted by Gasteiger charge is 2.07. The van der Waals surface area contributed by atoms with Gasteiger partial charge in [-0.1, -0.05) is 15.9 Å². The number of nitrogens with two attached hydrogens (primary N) is 1. The normalized spacial score (nSPS) is 9.83. The molecule has 1 rings (SSSR count). The lowest BCUT2D eigenvalue weighted by Gasteiger charge is -2.03. The van der Waals surface area contributed by atoms with Crippen LogP contribution < -0.4 is 5.73 Å². The van der Waals surface area contributed by atoms with Crippen molar-refractivity contribution in [2.24, 2.45) is 0 Å². The summed E-state index contributed by atoms with van der Waals surface area (Å²) < 4.78 is 0.722. The monoisotopic (exact) mass is 229 g/mol. The van der Waals surface area contributed by atoms with Crippen molar-refractivity contribution in [1.82, 2.24) is 0 Å². The standard InChI is InChI=1S/C8H8BrNO2/c1-4-6(9)2-5(8(11)12)3-7(4)10/h2-3H,10H2,1H3,(H,11,12). The van der Waals surface area contributed by atoms with E-state index in [9.17, 15) is 4.79 Å². The van der Waals surface area contributed by atoms with E-state index in [-0.39, 0.29) is 5.56 Å². The van der Waals surface area contributed by atoms with Crippen LogP contribution in [0.4, 0.5) is 5.69 Å². The summed E-state index contributed by atoms with van der Waals surface area (Å²) >= 11 is 3.22. The van der Waals surface area contributed by atoms with Crippen molar-refractivity contribution in [2.45, 2.75) is 6.92 Å². The van der Waals surface area contributed by atoms with Crippen molar-refractivity contribution < 1.29 is 9.90 Å². The third-order valence-electron chi connectivity index (χ3n) is 1.63. The van der Waals surface area contributed by atoms with Crippen LogP contribution >= 0.6 is 15.9 Å². The summed E-state index contributed by atoms with van der Waals surface area (Å²) in [4.78, 5) is 10.5. The smallest absolute Gasteiger partial charge is 0.335 e. The Kier molecular flexibility index (Phi) is 2.38. The van der Waals surface area contributed by atoms with E-state index in [2.05, 4.69) is 15.9 Å². The van der Waals surface area contributed by atoms with E-state index in [1.54, 1.807) is 0 Å². The van der Waals surface area contributed by atoms with Crippen LogP contribution in [0.15, 0.2) is 16.6 Å². The number of halogens is 1. The molecule has 0 atom stereocenters. The second-order valence-electron chi connectivity index (χ2n) is 2.48. The molecule has 0 heterocycles. The first-order chi connectivity index (χ1) is 5.52. The molecule has 3 N–H and O–H groups in total. The van der Waals surface area contributed by atoms with E-state index in [1.165, 1.54) is 12.1 Å². The van der Waals surface area contributed by atoms with Gasteiger partial charge >= 0.3 is 5.97 Å². The maximum atomic E-state index is 10.5. The average molecular weight is 230 g/mol. The Morgan fingerprint density at radius 3 is 2.58 bits per heavy atom. The molecular weight excluding hydrogens is 222 g/mol. The fourth-order valence-electron chi connectivity index (χ4n) is 0.824. The maximum absolute atomic E-state index is 10.5. The van der Waals surface area contributed by atoms with E-state index >= 15 is 0 Å². The van der Waals surface area contributed by atoms with Crippen LogP contribution in [0.5, 0.6) is 0 Å². The molecule has 0 aliphatic heterocycles. The molecule has 1 aromatic carbocycles. The Hall–Kier alpha value is -1.03. The average Bonchev–Trinajstić information content (AvgIpc) is 1.99. The van der Waals surface area contributed by atoms with E-state index in [0.29, 0.717) is 5.69 Å². The number of carboxylic acid groups (broad SMARTS) is 1. The first kappa shape index (κ1) is 9.06. The van der Waals surface area contributed by atoms with Crippen molar-refractivity contribution >= 4 is 27.6 Å². The summed E-state index contributed by atoms with van der Waals surface area (Å²) in [5.41, 5.74) is 7.11. The first-order valence-electron chi connectivity index (χ1n) is 3.31. The van der Waals surface area contributed by atoms with Gasteiger partial charge < -0.3 is 10.8 Å². The van der Waals surface area contributed by atoms with Gasteiger partial charge in [0.25, 0.3) is 0 Å². The van der Waals surface area contributed by atoms with Crippen molar-refractivity contribution in [3.8, 4) is 0 Å². The molecular formula is C8H8BrNO2. The zero-order valence-corrected chi connectivity index (χ0v) is 8.05. The van der Waals surface area contributed by atoms with Gasteiger partial charge in [-0.05, 0) is 24.6 Å². The van der Waals surface area contributed by atoms with Gasteiger partial charge in [-0.15, -0.1) is 0 Å². The minimum absolute atomic E-state index is 0.199. The molecule has 0 aliphatic rings. The summed E-state index contributed by atoms with van der Waals surface area (Å²) in [7, 11) is 0. The molecule has 0 amide bonds. The highest BCUT2D eigenvalue weighted by molar-refractivity contribution is 9.10. The lowest BCUT2D eigenvalue weighted by molar-refractivity contribution is 0.0697. The summed E-state index contributed by atoms with van der Waals surface area (Å²) in [5.74, 6) is -0.970. The minimum Gasteiger partial charge on any atom is -0.478 e. The van der Waals surface area contributed by atoms with E-state index in [0.717, 1.165) is 10.0 Å². The maximum Gasteiger partial charge on any atom is 0.335 e. The van der Waals surface area contributed by atoms with Crippen molar-refractivity contribution in [2.75, 3.05) is 5.73 Å². The zero-order chi connectivity index (χ0) is 9.30. The summed E-state index contributed by atoms with van der Waals surface area (Å²) in [6, 6.07) is 2.98. The van der Waals surface area contributed by atoms with Crippen molar-refractivity contribution in [1.29, 1.82) is 0 Å². The SMILES string of the molecule is Cc1c(N)cc(C(=O)O)cc1Br. The van der Waals surface area contributed by atoms with Gasteiger partial charge in [-0.3, -0.25) is 0 Å². The van der Waals surface area contributed by atoms with E-state index in [1.807, 2.05) is 6.92 Å². The molecule has 0 saturated heterocycles. The van der Waals surface area contributed by atoms with Crippen LogP contribution in [0.3, 0.4) is 0 Å². The van der Waals surface area contributed by atoms with Gasteiger partial charge in [0.1, 0.15) is 0 Å². The number of rotatable bonds is 1. The van der Waals surface area contributed by atoms with Gasteiger partial charge in [0.2, 0.25) is 0 Å². The number of hydrogen-bond acceptors (Lipinski definition) is 2. The molecule has 3 nitrogen and oxygen atoms in total. The number of aromatic carboxylic acids is 1. The molecule has 12 heavy (non-hydrogen) atoms. The van der Waals surface area contributed by atoms with Gasteiger partial charge in [-0.2, -0.15) is 0 Å². The molecule has 0 aromatic heterocycles. The predicted molar refractivity (Wildman–Crippen MR) is 50.3 cm³/mol. The molecule has 0 fully saturated rings. The largest absolute Gasteiger partial charge is 0.478 e. The third-order valence-corrected chi connectivity index (χ3v) is 2.46. The van der Waals surface area contributed by atoms with E-state index in [4.69, 9.17) is 10.8 Å². The summed E-state index contributed by atoms with van der Waals surface area (Å²) in [6.07, 6.45) is 0. The van der Waals surface area contributed by atoms with Crippen LogP contribution in [-0.4, -0.2) is 11.1 Å². The molecule has 0 bridgehead atoms. The highest BCUT2D eigenvalue weighted by atomic mass is 79.9. The van der Waals surface area contributed by atoms with Crippen molar-refractivity contribution in [3.05, 3.63) is 27.7 Å². The molecule has 0 radical (unpaired) electrons. The first-order valence-corrected chi connectivity index (χ1v) is 4.10. The summed E-state index contributed by atoms with van der Waals surface area (Å²) in [6.45, 7) is 1.82. The predicted octanol–water partition coefficient (Wildman–Crippen LogP) is 2.04. The number of benzene rings is 1. The topological polar surface area (TPSA) is 63.3 Å². The second kappa shape index (κ2) is 3.15. The van der Waals surface area contributed by atoms with Crippen LogP contribution in [0.1, 0.15) is 15.9 Å². The van der Waals surface area contributed by atoms with Gasteiger partial charge in [0, 0.05) is 10.2 Å². The second-order valence-corrected chi connectivity index (χ2v) is 3.33.